The molecule has 9 nitrogen and oxygen atoms in total. The highest BCUT2D eigenvalue weighted by Crippen LogP contribution is 2.39. The molecule has 50 heavy (non-hydrogen) atoms. The Morgan fingerprint density at radius 1 is 0.940 bits per heavy atom. The zero-order chi connectivity index (χ0) is 35.9. The van der Waals surface area contributed by atoms with Crippen LogP contribution < -0.4 is 15.0 Å². The van der Waals surface area contributed by atoms with Gasteiger partial charge in [0.1, 0.15) is 11.4 Å². The second-order valence-electron chi connectivity index (χ2n) is 13.6. The number of nitrogens with one attached hydrogen (secondary N) is 1. The van der Waals surface area contributed by atoms with E-state index in [0.29, 0.717) is 24.7 Å². The lowest BCUT2D eigenvalue weighted by Crippen LogP contribution is -2.50. The highest BCUT2D eigenvalue weighted by Gasteiger charge is 2.36. The predicted octanol–water partition coefficient (Wildman–Crippen LogP) is 7.67. The Morgan fingerprint density at radius 3 is 2.28 bits per heavy atom. The van der Waals surface area contributed by atoms with Crippen molar-refractivity contribution in [2.45, 2.75) is 56.7 Å². The lowest BCUT2D eigenvalue weighted by Gasteiger charge is -2.37. The SMILES string of the molecule is COc1ccc(-c2cnccc2SCC2CCN(C(=O)CCNc3ccc(N4CCN(C(=O)OC(C)(C)C)CC4)c(C(F)(F)F)c3)CC2)cc1. The van der Waals surface area contributed by atoms with Crippen molar-refractivity contribution >= 4 is 35.1 Å². The van der Waals surface area contributed by atoms with E-state index in [1.54, 1.807) is 56.8 Å². The second-order valence-corrected chi connectivity index (χ2v) is 14.7. The van der Waals surface area contributed by atoms with E-state index in [4.69, 9.17) is 9.47 Å². The molecule has 3 heterocycles. The average molecular weight is 714 g/mol. The van der Waals surface area contributed by atoms with Crippen LogP contribution >= 0.6 is 11.8 Å². The molecule has 0 spiro atoms. The summed E-state index contributed by atoms with van der Waals surface area (Å²) in [4.78, 5) is 35.9. The van der Waals surface area contributed by atoms with Crippen LogP contribution in [0.1, 0.15) is 45.6 Å². The second kappa shape index (κ2) is 16.3. The van der Waals surface area contributed by atoms with Gasteiger partial charge in [-0.15, -0.1) is 11.8 Å². The summed E-state index contributed by atoms with van der Waals surface area (Å²) in [6.07, 6.45) is 0.649. The van der Waals surface area contributed by atoms with Gasteiger partial charge in [-0.2, -0.15) is 13.2 Å². The van der Waals surface area contributed by atoms with Gasteiger partial charge in [0.25, 0.3) is 0 Å². The maximum atomic E-state index is 14.2. The summed E-state index contributed by atoms with van der Waals surface area (Å²) < 4.78 is 53.2. The van der Waals surface area contributed by atoms with Gasteiger partial charge < -0.3 is 29.5 Å². The molecule has 1 N–H and O–H groups in total. The van der Waals surface area contributed by atoms with Crippen LogP contribution in [-0.2, 0) is 15.7 Å². The van der Waals surface area contributed by atoms with Crippen molar-refractivity contribution in [3.63, 3.8) is 0 Å². The number of carbonyl (C=O) groups is 2. The molecule has 0 radical (unpaired) electrons. The number of hydrogen-bond donors (Lipinski definition) is 1. The third-order valence-corrected chi connectivity index (χ3v) is 10.2. The van der Waals surface area contributed by atoms with Crippen molar-refractivity contribution in [2.24, 2.45) is 5.92 Å². The summed E-state index contributed by atoms with van der Waals surface area (Å²) in [5.41, 5.74) is 1.15. The number of piperazine rings is 1. The maximum Gasteiger partial charge on any atom is 0.418 e. The van der Waals surface area contributed by atoms with Gasteiger partial charge in [-0.1, -0.05) is 12.1 Å². The number of aromatic nitrogens is 1. The minimum Gasteiger partial charge on any atom is -0.497 e. The first-order valence-electron chi connectivity index (χ1n) is 17.0. The number of carbonyl (C=O) groups excluding carboxylic acids is 2. The van der Waals surface area contributed by atoms with E-state index >= 15 is 0 Å². The summed E-state index contributed by atoms with van der Waals surface area (Å²) in [5, 5.41) is 3.02. The number of methoxy groups -OCH3 is 1. The number of pyridine rings is 1. The van der Waals surface area contributed by atoms with E-state index in [2.05, 4.69) is 10.3 Å². The molecular formula is C37H46F3N5O4S. The van der Waals surface area contributed by atoms with Crippen LogP contribution in [0.25, 0.3) is 11.1 Å². The number of nitrogens with zero attached hydrogens (tertiary/aromatic N) is 4. The van der Waals surface area contributed by atoms with E-state index in [1.165, 1.54) is 11.0 Å². The summed E-state index contributed by atoms with van der Waals surface area (Å²) in [6, 6.07) is 14.2. The molecule has 0 aliphatic carbocycles. The first kappa shape index (κ1) is 37.1. The number of likely N-dealkylation sites (tertiary alicyclic amines) is 1. The van der Waals surface area contributed by atoms with Gasteiger partial charge >= 0.3 is 12.3 Å². The molecule has 13 heteroatoms. The van der Waals surface area contributed by atoms with Crippen LogP contribution in [0, 0.1) is 5.92 Å². The maximum absolute atomic E-state index is 14.2. The van der Waals surface area contributed by atoms with E-state index in [0.717, 1.165) is 46.4 Å². The summed E-state index contributed by atoms with van der Waals surface area (Å²) >= 11 is 1.81. The first-order valence-corrected chi connectivity index (χ1v) is 18.0. The minimum absolute atomic E-state index is 0.00458. The van der Waals surface area contributed by atoms with Crippen molar-refractivity contribution in [1.82, 2.24) is 14.8 Å². The molecule has 5 rings (SSSR count). The molecule has 2 aromatic carbocycles. The summed E-state index contributed by atoms with van der Waals surface area (Å²) in [5.74, 6) is 2.21. The topological polar surface area (TPSA) is 87.2 Å². The van der Waals surface area contributed by atoms with Gasteiger partial charge in [0.2, 0.25) is 5.91 Å². The van der Waals surface area contributed by atoms with Crippen LogP contribution in [0.15, 0.2) is 65.8 Å². The van der Waals surface area contributed by atoms with E-state index in [-0.39, 0.29) is 50.7 Å². The summed E-state index contributed by atoms with van der Waals surface area (Å²) in [7, 11) is 1.65. The number of thioether (sulfide) groups is 1. The lowest BCUT2D eigenvalue weighted by atomic mass is 9.99. The van der Waals surface area contributed by atoms with Crippen LogP contribution in [0.5, 0.6) is 5.75 Å². The number of benzene rings is 2. The molecule has 2 amide bonds. The molecule has 1 aromatic heterocycles. The van der Waals surface area contributed by atoms with Gasteiger partial charge in [0.15, 0.2) is 0 Å². The minimum atomic E-state index is -4.57. The fourth-order valence-corrected chi connectivity index (χ4v) is 7.36. The smallest absolute Gasteiger partial charge is 0.418 e. The van der Waals surface area contributed by atoms with Gasteiger partial charge in [-0.3, -0.25) is 9.78 Å². The molecule has 0 atom stereocenters. The summed E-state index contributed by atoms with van der Waals surface area (Å²) in [6.45, 7) is 7.93. The number of halogens is 3. The van der Waals surface area contributed by atoms with Crippen molar-refractivity contribution in [1.29, 1.82) is 0 Å². The van der Waals surface area contributed by atoms with Crippen LogP contribution in [0.2, 0.25) is 0 Å². The quantitative estimate of drug-likeness (QED) is 0.215. The normalized spacial score (nSPS) is 15.9. The van der Waals surface area contributed by atoms with Crippen LogP contribution in [0.4, 0.5) is 29.3 Å². The van der Waals surface area contributed by atoms with Crippen molar-refractivity contribution in [3.8, 4) is 16.9 Å². The van der Waals surface area contributed by atoms with Gasteiger partial charge in [-0.05, 0) is 81.5 Å². The Kier molecular flexibility index (Phi) is 12.1. The molecule has 2 saturated heterocycles. The molecule has 0 saturated carbocycles. The van der Waals surface area contributed by atoms with Crippen LogP contribution in [-0.4, -0.2) is 91.1 Å². The Morgan fingerprint density at radius 2 is 1.64 bits per heavy atom. The van der Waals surface area contributed by atoms with E-state index in [1.807, 2.05) is 41.4 Å². The standard InChI is InChI=1S/C37H46F3N5O4S/c1-36(2,3)49-35(47)45-21-19-43(20-22-45)32-10-7-28(23-31(32)37(38,39)40)42-16-12-34(46)44-17-13-26(14-18-44)25-50-33-11-15-41-24-30(33)27-5-8-29(48-4)9-6-27/h5-11,15,23-24,26,42H,12-14,16-22,25H2,1-4H3. The van der Waals surface area contributed by atoms with Gasteiger partial charge in [0.05, 0.1) is 12.7 Å². The highest BCUT2D eigenvalue weighted by atomic mass is 32.2. The zero-order valence-electron chi connectivity index (χ0n) is 29.1. The lowest BCUT2D eigenvalue weighted by molar-refractivity contribution is -0.137. The molecule has 3 aromatic rings. The number of anilines is 2. The number of amides is 2. The van der Waals surface area contributed by atoms with E-state index in [9.17, 15) is 22.8 Å². The highest BCUT2D eigenvalue weighted by molar-refractivity contribution is 7.99. The van der Waals surface area contributed by atoms with E-state index < -0.39 is 23.4 Å². The Balaban J connectivity index is 1.07. The number of ether oxygens (including phenoxy) is 2. The van der Waals surface area contributed by atoms with Gasteiger partial charge in [0, 0.05) is 92.2 Å². The number of piperidine rings is 1. The third kappa shape index (κ3) is 9.98. The van der Waals surface area contributed by atoms with Crippen molar-refractivity contribution < 1.29 is 32.2 Å². The fraction of sp³-hybridized carbons (Fsp3) is 0.486. The fourth-order valence-electron chi connectivity index (χ4n) is 6.13. The molecule has 0 bridgehead atoms. The first-order chi connectivity index (χ1) is 23.8. The van der Waals surface area contributed by atoms with Crippen molar-refractivity contribution in [3.05, 3.63) is 66.5 Å². The average Bonchev–Trinajstić information content (AvgIpc) is 3.10. The Bertz CT molecular complexity index is 1600. The molecule has 2 aliphatic heterocycles. The predicted molar refractivity (Wildman–Crippen MR) is 191 cm³/mol. The van der Waals surface area contributed by atoms with Crippen LogP contribution in [0.3, 0.4) is 0 Å². The monoisotopic (exact) mass is 713 g/mol. The molecule has 2 fully saturated rings. The number of rotatable bonds is 10. The van der Waals surface area contributed by atoms with Crippen molar-refractivity contribution in [2.75, 3.05) is 68.9 Å². The Hall–Kier alpha value is -4.13. The Labute approximate surface area is 296 Å². The molecule has 2 aliphatic rings. The largest absolute Gasteiger partial charge is 0.497 e. The third-order valence-electron chi connectivity index (χ3n) is 8.87. The number of alkyl halides is 3. The number of hydrogen-bond acceptors (Lipinski definition) is 8. The molecule has 270 valence electrons. The van der Waals surface area contributed by atoms with Gasteiger partial charge in [-0.25, -0.2) is 4.79 Å². The molecular weight excluding hydrogens is 667 g/mol. The zero-order valence-corrected chi connectivity index (χ0v) is 29.9. The molecule has 0 unspecified atom stereocenters.